The second-order valence-electron chi connectivity index (χ2n) is 6.97. The van der Waals surface area contributed by atoms with Gasteiger partial charge in [0.2, 0.25) is 0 Å². The molecule has 28 heavy (non-hydrogen) atoms. The number of aromatic nitrogens is 1. The van der Waals surface area contributed by atoms with Crippen LogP contribution in [0.25, 0.3) is 22.4 Å². The summed E-state index contributed by atoms with van der Waals surface area (Å²) in [6.07, 6.45) is 2.32. The van der Waals surface area contributed by atoms with Gasteiger partial charge in [-0.3, -0.25) is 9.59 Å². The first kappa shape index (κ1) is 18.2. The highest BCUT2D eigenvalue weighted by molar-refractivity contribution is 6.07. The highest BCUT2D eigenvalue weighted by Gasteiger charge is 2.37. The van der Waals surface area contributed by atoms with E-state index < -0.39 is 11.5 Å². The van der Waals surface area contributed by atoms with E-state index in [2.05, 4.69) is 10.3 Å². The maximum atomic E-state index is 13.2. The number of ether oxygens (including phenoxy) is 1. The van der Waals surface area contributed by atoms with Crippen molar-refractivity contribution in [2.75, 3.05) is 13.2 Å². The summed E-state index contributed by atoms with van der Waals surface area (Å²) < 4.78 is 10.8. The van der Waals surface area contributed by atoms with Gasteiger partial charge in [0, 0.05) is 18.6 Å². The summed E-state index contributed by atoms with van der Waals surface area (Å²) in [4.78, 5) is 29.2. The molecule has 1 saturated heterocycles. The van der Waals surface area contributed by atoms with Gasteiger partial charge in [-0.1, -0.05) is 18.2 Å². The second kappa shape index (κ2) is 7.44. The molecular formula is C21H20N2O5. The predicted molar refractivity (Wildman–Crippen MR) is 102 cm³/mol. The van der Waals surface area contributed by atoms with Crippen LogP contribution in [0.3, 0.4) is 0 Å². The number of fused-ring (bicyclic) bond motifs is 1. The first-order valence-electron chi connectivity index (χ1n) is 9.12. The third-order valence-electron chi connectivity index (χ3n) is 5.05. The summed E-state index contributed by atoms with van der Waals surface area (Å²) in [5, 5.41) is 13.0. The number of carboxylic acid groups (broad SMARTS) is 1. The van der Waals surface area contributed by atoms with Crippen molar-refractivity contribution in [1.29, 1.82) is 0 Å². The van der Waals surface area contributed by atoms with Gasteiger partial charge in [-0.25, -0.2) is 4.98 Å². The molecule has 0 radical (unpaired) electrons. The highest BCUT2D eigenvalue weighted by atomic mass is 16.5. The van der Waals surface area contributed by atoms with E-state index in [1.54, 1.807) is 24.5 Å². The van der Waals surface area contributed by atoms with Crippen LogP contribution >= 0.6 is 0 Å². The van der Waals surface area contributed by atoms with E-state index in [0.717, 1.165) is 0 Å². The molecule has 0 unspecified atom stereocenters. The zero-order valence-electron chi connectivity index (χ0n) is 15.2. The number of carboxylic acids is 1. The van der Waals surface area contributed by atoms with Gasteiger partial charge in [0.1, 0.15) is 5.69 Å². The van der Waals surface area contributed by atoms with Crippen LogP contribution in [-0.2, 0) is 9.53 Å². The number of rotatable bonds is 5. The van der Waals surface area contributed by atoms with Gasteiger partial charge in [0.15, 0.2) is 5.76 Å². The van der Waals surface area contributed by atoms with Crippen molar-refractivity contribution < 1.29 is 23.8 Å². The molecule has 2 N–H and O–H groups in total. The molecule has 7 heteroatoms. The van der Waals surface area contributed by atoms with Crippen molar-refractivity contribution in [2.24, 2.45) is 0 Å². The Morgan fingerprint density at radius 1 is 1.14 bits per heavy atom. The Kier molecular flexibility index (Phi) is 4.83. The summed E-state index contributed by atoms with van der Waals surface area (Å²) in [7, 11) is 0. The summed E-state index contributed by atoms with van der Waals surface area (Å²) >= 11 is 0. The Balaban J connectivity index is 1.74. The van der Waals surface area contributed by atoms with Gasteiger partial charge < -0.3 is 19.6 Å². The van der Waals surface area contributed by atoms with Gasteiger partial charge in [0.25, 0.3) is 5.91 Å². The minimum absolute atomic E-state index is 0.143. The van der Waals surface area contributed by atoms with E-state index in [1.807, 2.05) is 24.3 Å². The average molecular weight is 380 g/mol. The minimum Gasteiger partial charge on any atom is -0.481 e. The molecule has 7 nitrogen and oxygen atoms in total. The van der Waals surface area contributed by atoms with E-state index in [0.29, 0.717) is 54.0 Å². The molecule has 1 amide bonds. The minimum atomic E-state index is -0.946. The Morgan fingerprint density at radius 2 is 1.93 bits per heavy atom. The van der Waals surface area contributed by atoms with Crippen LogP contribution in [0.2, 0.25) is 0 Å². The summed E-state index contributed by atoms with van der Waals surface area (Å²) in [5.74, 6) is -0.710. The molecule has 1 fully saturated rings. The Labute approximate surface area is 161 Å². The van der Waals surface area contributed by atoms with Crippen molar-refractivity contribution in [3.8, 4) is 11.5 Å². The summed E-state index contributed by atoms with van der Waals surface area (Å²) in [6.45, 7) is 0.838. The molecule has 0 spiro atoms. The van der Waals surface area contributed by atoms with E-state index >= 15 is 0 Å². The van der Waals surface area contributed by atoms with Crippen LogP contribution in [0, 0.1) is 0 Å². The fourth-order valence-electron chi connectivity index (χ4n) is 3.62. The first-order chi connectivity index (χ1) is 13.6. The van der Waals surface area contributed by atoms with Crippen LogP contribution in [0.5, 0.6) is 0 Å². The van der Waals surface area contributed by atoms with Gasteiger partial charge >= 0.3 is 5.97 Å². The number of nitrogens with zero attached hydrogens (tertiary/aromatic N) is 1. The van der Waals surface area contributed by atoms with Crippen LogP contribution < -0.4 is 5.32 Å². The number of pyridine rings is 1. The maximum absolute atomic E-state index is 13.2. The lowest BCUT2D eigenvalue weighted by Crippen LogP contribution is -2.53. The zero-order valence-corrected chi connectivity index (χ0v) is 15.2. The van der Waals surface area contributed by atoms with Crippen molar-refractivity contribution in [3.63, 3.8) is 0 Å². The largest absolute Gasteiger partial charge is 0.481 e. The Morgan fingerprint density at radius 3 is 2.64 bits per heavy atom. The van der Waals surface area contributed by atoms with Crippen LogP contribution in [0.15, 0.2) is 53.1 Å². The molecule has 2 aromatic heterocycles. The molecule has 0 saturated carbocycles. The lowest BCUT2D eigenvalue weighted by molar-refractivity contribution is -0.139. The van der Waals surface area contributed by atoms with Crippen molar-refractivity contribution in [1.82, 2.24) is 10.3 Å². The summed E-state index contributed by atoms with van der Waals surface area (Å²) in [5.41, 5.74) is 0.832. The van der Waals surface area contributed by atoms with Crippen molar-refractivity contribution in [2.45, 2.75) is 24.8 Å². The maximum Gasteiger partial charge on any atom is 0.305 e. The zero-order chi connectivity index (χ0) is 19.6. The highest BCUT2D eigenvalue weighted by Crippen LogP contribution is 2.28. The normalized spacial score (nSPS) is 16.0. The number of nitrogens with one attached hydrogen (secondary N) is 1. The molecule has 3 aromatic rings. The Bertz CT molecular complexity index is 1010. The van der Waals surface area contributed by atoms with Gasteiger partial charge in [0.05, 0.1) is 29.3 Å². The fourth-order valence-corrected chi connectivity index (χ4v) is 3.62. The molecule has 3 heterocycles. The standard InChI is InChI=1S/C21H20N2O5/c24-19(25)13-21(7-10-27-11-8-21)23-20(26)15-12-17(18-6-3-9-28-18)22-16-5-2-1-4-14(15)16/h1-6,9,12H,7-8,10-11,13H2,(H,23,26)(H,24,25). The molecule has 4 rings (SSSR count). The second-order valence-corrected chi connectivity index (χ2v) is 6.97. The number of hydrogen-bond acceptors (Lipinski definition) is 5. The van der Waals surface area contributed by atoms with Crippen LogP contribution in [-0.4, -0.2) is 40.7 Å². The molecular weight excluding hydrogens is 360 g/mol. The Hall–Kier alpha value is -3.19. The lowest BCUT2D eigenvalue weighted by Gasteiger charge is -2.37. The third kappa shape index (κ3) is 3.61. The van der Waals surface area contributed by atoms with E-state index in [9.17, 15) is 14.7 Å². The average Bonchev–Trinajstić information content (AvgIpc) is 3.22. The molecule has 1 aliphatic rings. The predicted octanol–water partition coefficient (Wildman–Crippen LogP) is 3.25. The SMILES string of the molecule is O=C(O)CC1(NC(=O)c2cc(-c3ccco3)nc3ccccc23)CCOCC1. The van der Waals surface area contributed by atoms with E-state index in [1.165, 1.54) is 0 Å². The lowest BCUT2D eigenvalue weighted by atomic mass is 9.86. The van der Waals surface area contributed by atoms with Crippen LogP contribution in [0.1, 0.15) is 29.6 Å². The van der Waals surface area contributed by atoms with Gasteiger partial charge in [-0.05, 0) is 37.1 Å². The van der Waals surface area contributed by atoms with E-state index in [-0.39, 0.29) is 12.3 Å². The fraction of sp³-hybridized carbons (Fsp3) is 0.286. The molecule has 144 valence electrons. The number of hydrogen-bond donors (Lipinski definition) is 2. The molecule has 1 aromatic carbocycles. The summed E-state index contributed by atoms with van der Waals surface area (Å²) in [6, 6.07) is 12.6. The number of benzene rings is 1. The monoisotopic (exact) mass is 380 g/mol. The first-order valence-corrected chi connectivity index (χ1v) is 9.12. The number of para-hydroxylation sites is 1. The van der Waals surface area contributed by atoms with Crippen molar-refractivity contribution >= 4 is 22.8 Å². The molecule has 0 aliphatic carbocycles. The van der Waals surface area contributed by atoms with Crippen LogP contribution in [0.4, 0.5) is 0 Å². The molecule has 1 aliphatic heterocycles. The number of carbonyl (C=O) groups excluding carboxylic acids is 1. The van der Waals surface area contributed by atoms with Gasteiger partial charge in [-0.15, -0.1) is 0 Å². The third-order valence-corrected chi connectivity index (χ3v) is 5.05. The molecule has 0 atom stereocenters. The molecule has 0 bridgehead atoms. The smallest absolute Gasteiger partial charge is 0.305 e. The number of amides is 1. The van der Waals surface area contributed by atoms with E-state index in [4.69, 9.17) is 9.15 Å². The quantitative estimate of drug-likeness (QED) is 0.705. The number of carbonyl (C=O) groups is 2. The topological polar surface area (TPSA) is 102 Å². The van der Waals surface area contributed by atoms with Crippen molar-refractivity contribution in [3.05, 3.63) is 54.3 Å². The number of aliphatic carboxylic acids is 1. The number of furan rings is 1. The van der Waals surface area contributed by atoms with Gasteiger partial charge in [-0.2, -0.15) is 0 Å².